The molecule has 2 aromatic rings. The molecular weight excluding hydrogens is 240 g/mol. The summed E-state index contributed by atoms with van der Waals surface area (Å²) in [6, 6.07) is 5.89. The van der Waals surface area contributed by atoms with Crippen LogP contribution in [0.15, 0.2) is 36.8 Å². The fraction of sp³-hybridized carbons (Fsp3) is 0.429. The Bertz CT molecular complexity index is 489. The van der Waals surface area contributed by atoms with E-state index in [9.17, 15) is 0 Å². The predicted molar refractivity (Wildman–Crippen MR) is 73.4 cm³/mol. The van der Waals surface area contributed by atoms with E-state index in [2.05, 4.69) is 15.4 Å². The van der Waals surface area contributed by atoms with Crippen LogP contribution in [0.25, 0.3) is 5.82 Å². The van der Waals surface area contributed by atoms with Crippen LogP contribution in [-0.4, -0.2) is 34.5 Å². The molecule has 1 aliphatic heterocycles. The number of nitrogens with zero attached hydrogens (tertiary/aromatic N) is 3. The number of ether oxygens (including phenoxy) is 1. The topological polar surface area (TPSA) is 52.0 Å². The van der Waals surface area contributed by atoms with Gasteiger partial charge in [-0.25, -0.2) is 9.67 Å². The van der Waals surface area contributed by atoms with Crippen molar-refractivity contribution in [2.45, 2.75) is 12.8 Å². The average Bonchev–Trinajstić information content (AvgIpc) is 3.01. The largest absolute Gasteiger partial charge is 0.383 e. The Morgan fingerprint density at radius 2 is 2.42 bits per heavy atom. The Morgan fingerprint density at radius 3 is 3.11 bits per heavy atom. The van der Waals surface area contributed by atoms with Crippen molar-refractivity contribution >= 4 is 5.69 Å². The SMILES string of the molecule is c1cnn(-c2ccc(NCC3CCCOC3)cn2)c1. The van der Waals surface area contributed by atoms with Gasteiger partial charge in [0.15, 0.2) is 5.82 Å². The molecular formula is C14H18N4O. The van der Waals surface area contributed by atoms with Crippen LogP contribution >= 0.6 is 0 Å². The van der Waals surface area contributed by atoms with Crippen molar-refractivity contribution < 1.29 is 4.74 Å². The van der Waals surface area contributed by atoms with Crippen LogP contribution in [0.3, 0.4) is 0 Å². The highest BCUT2D eigenvalue weighted by molar-refractivity contribution is 5.43. The summed E-state index contributed by atoms with van der Waals surface area (Å²) in [4.78, 5) is 4.39. The molecule has 19 heavy (non-hydrogen) atoms. The van der Waals surface area contributed by atoms with Gasteiger partial charge < -0.3 is 10.1 Å². The van der Waals surface area contributed by atoms with Crippen LogP contribution < -0.4 is 5.32 Å². The van der Waals surface area contributed by atoms with E-state index in [1.807, 2.05) is 30.6 Å². The second-order valence-electron chi connectivity index (χ2n) is 4.82. The van der Waals surface area contributed by atoms with Gasteiger partial charge >= 0.3 is 0 Å². The van der Waals surface area contributed by atoms with E-state index in [4.69, 9.17) is 4.74 Å². The minimum atomic E-state index is 0.611. The van der Waals surface area contributed by atoms with Crippen molar-refractivity contribution in [2.24, 2.45) is 5.92 Å². The van der Waals surface area contributed by atoms with Crippen LogP contribution in [-0.2, 0) is 4.74 Å². The summed E-state index contributed by atoms with van der Waals surface area (Å²) >= 11 is 0. The highest BCUT2D eigenvalue weighted by Crippen LogP contribution is 2.15. The van der Waals surface area contributed by atoms with E-state index in [0.29, 0.717) is 5.92 Å². The molecule has 2 aromatic heterocycles. The highest BCUT2D eigenvalue weighted by Gasteiger charge is 2.13. The molecule has 5 nitrogen and oxygen atoms in total. The summed E-state index contributed by atoms with van der Waals surface area (Å²) < 4.78 is 7.22. The molecule has 0 spiro atoms. The smallest absolute Gasteiger partial charge is 0.153 e. The first-order valence-electron chi connectivity index (χ1n) is 6.69. The lowest BCUT2D eigenvalue weighted by Crippen LogP contribution is -2.24. The van der Waals surface area contributed by atoms with Crippen LogP contribution in [0.1, 0.15) is 12.8 Å². The minimum Gasteiger partial charge on any atom is -0.383 e. The normalized spacial score (nSPS) is 19.3. The maximum Gasteiger partial charge on any atom is 0.153 e. The van der Waals surface area contributed by atoms with E-state index in [-0.39, 0.29) is 0 Å². The van der Waals surface area contributed by atoms with Gasteiger partial charge in [0.05, 0.1) is 18.5 Å². The molecule has 0 saturated carbocycles. The molecule has 3 rings (SSSR count). The average molecular weight is 258 g/mol. The number of nitrogens with one attached hydrogen (secondary N) is 1. The molecule has 0 bridgehead atoms. The van der Waals surface area contributed by atoms with Crippen molar-refractivity contribution in [1.82, 2.24) is 14.8 Å². The maximum atomic E-state index is 5.47. The Kier molecular flexibility index (Phi) is 3.74. The lowest BCUT2D eigenvalue weighted by atomic mass is 10.0. The lowest BCUT2D eigenvalue weighted by Gasteiger charge is -2.22. The third-order valence-electron chi connectivity index (χ3n) is 3.34. The van der Waals surface area contributed by atoms with Crippen molar-refractivity contribution in [3.05, 3.63) is 36.8 Å². The van der Waals surface area contributed by atoms with Crippen LogP contribution in [0.5, 0.6) is 0 Å². The molecule has 0 amide bonds. The number of pyridine rings is 1. The molecule has 1 atom stereocenters. The van der Waals surface area contributed by atoms with Crippen molar-refractivity contribution in [1.29, 1.82) is 0 Å². The van der Waals surface area contributed by atoms with E-state index in [0.717, 1.165) is 31.3 Å². The first kappa shape index (κ1) is 12.2. The molecule has 1 unspecified atom stereocenters. The molecule has 0 aromatic carbocycles. The second-order valence-corrected chi connectivity index (χ2v) is 4.82. The summed E-state index contributed by atoms with van der Waals surface area (Å²) in [6.07, 6.45) is 7.89. The van der Waals surface area contributed by atoms with Crippen molar-refractivity contribution in [2.75, 3.05) is 25.1 Å². The first-order chi connectivity index (χ1) is 9.42. The zero-order valence-corrected chi connectivity index (χ0v) is 10.8. The molecule has 1 aliphatic rings. The summed E-state index contributed by atoms with van der Waals surface area (Å²) in [5, 5.41) is 7.57. The number of aromatic nitrogens is 3. The standard InChI is InChI=1S/C14H18N4O/c1-3-12(11-19-8-1)9-15-13-4-5-14(16-10-13)18-7-2-6-17-18/h2,4-7,10,12,15H,1,3,8-9,11H2. The van der Waals surface area contributed by atoms with Crippen molar-refractivity contribution in [3.63, 3.8) is 0 Å². The number of rotatable bonds is 4. The van der Waals surface area contributed by atoms with Gasteiger partial charge in [-0.3, -0.25) is 0 Å². The number of hydrogen-bond donors (Lipinski definition) is 1. The fourth-order valence-electron chi connectivity index (χ4n) is 2.26. The van der Waals surface area contributed by atoms with Gasteiger partial charge in [-0.15, -0.1) is 0 Å². The van der Waals surface area contributed by atoms with E-state index >= 15 is 0 Å². The molecule has 1 saturated heterocycles. The van der Waals surface area contributed by atoms with Crippen molar-refractivity contribution in [3.8, 4) is 5.82 Å². The Hall–Kier alpha value is -1.88. The molecule has 5 heteroatoms. The van der Waals surface area contributed by atoms with E-state index in [1.54, 1.807) is 10.9 Å². The molecule has 100 valence electrons. The van der Waals surface area contributed by atoms with Gasteiger partial charge in [0, 0.05) is 25.5 Å². The third kappa shape index (κ3) is 3.12. The summed E-state index contributed by atoms with van der Waals surface area (Å²) in [5.41, 5.74) is 1.04. The fourth-order valence-corrected chi connectivity index (χ4v) is 2.26. The molecule has 0 radical (unpaired) electrons. The number of hydrogen-bond acceptors (Lipinski definition) is 4. The van der Waals surface area contributed by atoms with Gasteiger partial charge in [-0.2, -0.15) is 5.10 Å². The van der Waals surface area contributed by atoms with E-state index < -0.39 is 0 Å². The zero-order valence-electron chi connectivity index (χ0n) is 10.8. The third-order valence-corrected chi connectivity index (χ3v) is 3.34. The van der Waals surface area contributed by atoms with Gasteiger partial charge in [0.1, 0.15) is 0 Å². The monoisotopic (exact) mass is 258 g/mol. The maximum absolute atomic E-state index is 5.47. The van der Waals surface area contributed by atoms with E-state index in [1.165, 1.54) is 12.8 Å². The Balaban J connectivity index is 1.57. The Labute approximate surface area is 112 Å². The summed E-state index contributed by atoms with van der Waals surface area (Å²) in [7, 11) is 0. The zero-order chi connectivity index (χ0) is 12.9. The van der Waals surface area contributed by atoms with Gasteiger partial charge in [-0.1, -0.05) is 0 Å². The first-order valence-corrected chi connectivity index (χ1v) is 6.69. The predicted octanol–water partition coefficient (Wildman–Crippen LogP) is 2.11. The molecule has 3 heterocycles. The van der Waals surface area contributed by atoms with Gasteiger partial charge in [-0.05, 0) is 37.0 Å². The number of anilines is 1. The summed E-state index contributed by atoms with van der Waals surface area (Å²) in [6.45, 7) is 2.73. The summed E-state index contributed by atoms with van der Waals surface area (Å²) in [5.74, 6) is 1.44. The lowest BCUT2D eigenvalue weighted by molar-refractivity contribution is 0.0595. The minimum absolute atomic E-state index is 0.611. The molecule has 1 N–H and O–H groups in total. The van der Waals surface area contributed by atoms with Crippen LogP contribution in [0, 0.1) is 5.92 Å². The molecule has 1 fully saturated rings. The second kappa shape index (κ2) is 5.84. The van der Waals surface area contributed by atoms with Gasteiger partial charge in [0.25, 0.3) is 0 Å². The highest BCUT2D eigenvalue weighted by atomic mass is 16.5. The van der Waals surface area contributed by atoms with Crippen LogP contribution in [0.2, 0.25) is 0 Å². The van der Waals surface area contributed by atoms with Gasteiger partial charge in [0.2, 0.25) is 0 Å². The van der Waals surface area contributed by atoms with Crippen LogP contribution in [0.4, 0.5) is 5.69 Å². The quantitative estimate of drug-likeness (QED) is 0.912. The molecule has 0 aliphatic carbocycles. The Morgan fingerprint density at radius 1 is 1.42 bits per heavy atom.